The maximum Gasteiger partial charge on any atom is 0.390 e. The number of halogens is 9. The van der Waals surface area contributed by atoms with Gasteiger partial charge in [0.05, 0.1) is 83.9 Å². The van der Waals surface area contributed by atoms with Crippen molar-refractivity contribution < 1.29 is 106 Å². The average Bonchev–Trinajstić information content (AvgIpc) is 1.58. The van der Waals surface area contributed by atoms with Crippen LogP contribution < -0.4 is 36.0 Å². The summed E-state index contributed by atoms with van der Waals surface area (Å²) in [4.78, 5) is 93.2. The first-order valence-corrected chi connectivity index (χ1v) is 62.7. The zero-order chi connectivity index (χ0) is 102. The lowest BCUT2D eigenvalue weighted by Crippen LogP contribution is -2.39. The summed E-state index contributed by atoms with van der Waals surface area (Å²) < 4.78 is 161. The minimum atomic E-state index is -4.35. The molecule has 4 fully saturated rings. The Morgan fingerprint density at radius 1 is 0.389 bits per heavy atom. The van der Waals surface area contributed by atoms with Gasteiger partial charge in [-0.15, -0.1) is 0 Å². The molecular weight excluding hydrogens is 1960 g/mol. The summed E-state index contributed by atoms with van der Waals surface area (Å²) in [6.07, 6.45) is 5.51. The van der Waals surface area contributed by atoms with E-state index in [1.165, 1.54) is 12.7 Å². The van der Waals surface area contributed by atoms with Gasteiger partial charge in [-0.25, -0.2) is 49.5 Å². The van der Waals surface area contributed by atoms with Crippen molar-refractivity contribution in [2.24, 2.45) is 5.73 Å². The van der Waals surface area contributed by atoms with E-state index in [-0.39, 0.29) is 58.5 Å². The number of aromatic carboxylic acids is 2. The summed E-state index contributed by atoms with van der Waals surface area (Å²) in [5.41, 5.74) is 11.0. The van der Waals surface area contributed by atoms with E-state index < -0.39 is 107 Å². The Hall–Kier alpha value is -11.6. The zero-order valence-corrected chi connectivity index (χ0v) is 86.2. The van der Waals surface area contributed by atoms with Gasteiger partial charge in [-0.05, 0) is 99.8 Å². The Morgan fingerprint density at radius 2 is 0.681 bits per heavy atom. The van der Waals surface area contributed by atoms with Crippen molar-refractivity contribution in [3.8, 4) is 0 Å². The number of fused-ring (bicyclic) bond motifs is 12. The predicted octanol–water partition coefficient (Wildman–Crippen LogP) is 17.4. The Kier molecular flexibility index (Phi) is 31.2. The van der Waals surface area contributed by atoms with Gasteiger partial charge in [0.2, 0.25) is 11.5 Å². The molecule has 8 aliphatic rings. The molecule has 4 aliphatic carbocycles. The summed E-state index contributed by atoms with van der Waals surface area (Å²) in [7, 11) is -4.62. The minimum absolute atomic E-state index is 0. The fraction of sp³-hybridized carbons (Fsp3) is 0.574. The molecule has 0 aromatic carbocycles. The van der Waals surface area contributed by atoms with E-state index in [1.807, 2.05) is 67.3 Å². The van der Waals surface area contributed by atoms with Gasteiger partial charge in [0.15, 0.2) is 17.1 Å². The van der Waals surface area contributed by atoms with Gasteiger partial charge in [0.1, 0.15) is 104 Å². The molecule has 50 heteroatoms. The maximum absolute atomic E-state index is 12.7. The summed E-state index contributed by atoms with van der Waals surface area (Å²) in [5.74, 6) is 0.865. The van der Waals surface area contributed by atoms with E-state index in [4.69, 9.17) is 37.0 Å². The normalized spacial score (nSPS) is 16.7. The first kappa shape index (κ1) is 107. The lowest BCUT2D eigenvalue weighted by molar-refractivity contribution is -0.134. The number of nitrogens with two attached hydrogens (primary N) is 1. The van der Waals surface area contributed by atoms with Crippen LogP contribution in [0, 0.1) is 0 Å². The van der Waals surface area contributed by atoms with Crippen LogP contribution >= 0.6 is 0 Å². The SMILES string of the molecule is C.C[Si](C)(C)CCOCn1ccc2c(N3Cc4c(C(=O)NCCC(F)(F)F)noc4C4(CC4)C3)ncnc21.C[Si](C)(C)CCOCn1ccc2c(N3Cc4c(C(=O)O)noc4C4(CC4)C3)ncnc21.C[Si](C)(C)CCOCn1ccc2c(N3Cc4c(noc4C(=O)NCCC(F)(F)F)C4(CC4)C3)ncnc21.C[Si](C)(C)CCOCn1ccc2c(N3Cc4c(noc4C(=O)O)C4(CC4)C3)ncnc21.NCCC(F)(F)F. The van der Waals surface area contributed by atoms with Crippen molar-refractivity contribution in [3.05, 3.63) is 142 Å². The molecule has 4 aliphatic heterocycles. The lowest BCUT2D eigenvalue weighted by atomic mass is 9.92. The Bertz CT molecular complexity index is 6190. The van der Waals surface area contributed by atoms with Crippen molar-refractivity contribution >= 4 is 123 Å². The van der Waals surface area contributed by atoms with E-state index in [9.17, 15) is 68.9 Å². The second kappa shape index (κ2) is 42.1. The minimum Gasteiger partial charge on any atom is -0.476 e. The molecule has 2 amide bonds. The number of nitrogens with one attached hydrogen (secondary N) is 2. The van der Waals surface area contributed by atoms with Crippen LogP contribution in [0.25, 0.3) is 44.1 Å². The second-order valence-electron chi connectivity index (χ2n) is 43.2. The number of anilines is 4. The summed E-state index contributed by atoms with van der Waals surface area (Å²) >= 11 is 0. The maximum atomic E-state index is 12.7. The first-order valence-electron chi connectivity index (χ1n) is 47.9. The van der Waals surface area contributed by atoms with E-state index >= 15 is 0 Å². The zero-order valence-electron chi connectivity index (χ0n) is 82.2. The molecule has 0 atom stereocenters. The van der Waals surface area contributed by atoms with Gasteiger partial charge >= 0.3 is 30.5 Å². The summed E-state index contributed by atoms with van der Waals surface area (Å²) in [5, 5.41) is 43.3. The van der Waals surface area contributed by atoms with Gasteiger partial charge in [-0.2, -0.15) is 39.5 Å². The molecule has 0 radical (unpaired) electrons. The van der Waals surface area contributed by atoms with E-state index in [1.54, 1.807) is 12.7 Å². The smallest absolute Gasteiger partial charge is 0.390 e. The number of hydrogen-bond acceptors (Lipinski definition) is 29. The fourth-order valence-electron chi connectivity index (χ4n) is 18.2. The average molecular weight is 2090 g/mol. The predicted molar refractivity (Wildman–Crippen MR) is 527 cm³/mol. The number of carbonyl (C=O) groups excluding carboxylic acids is 2. The third-order valence-electron chi connectivity index (χ3n) is 26.8. The third-order valence-corrected chi connectivity index (χ3v) is 33.6. The molecule has 0 unspecified atom stereocenters. The number of rotatable bonds is 33. The van der Waals surface area contributed by atoms with Gasteiger partial charge in [-0.1, -0.05) is 107 Å². The number of hydrogen-bond donors (Lipinski definition) is 5. The van der Waals surface area contributed by atoms with Crippen molar-refractivity contribution in [2.45, 2.75) is 274 Å². The van der Waals surface area contributed by atoms with Gasteiger partial charge < -0.3 is 101 Å². The van der Waals surface area contributed by atoms with Crippen molar-refractivity contribution in [2.75, 3.05) is 91.8 Å². The van der Waals surface area contributed by atoms with E-state index in [2.05, 4.69) is 175 Å². The largest absolute Gasteiger partial charge is 0.476 e. The monoisotopic (exact) mass is 2080 g/mol. The highest BCUT2D eigenvalue weighted by atomic mass is 28.3. The van der Waals surface area contributed by atoms with Crippen molar-refractivity contribution in [1.82, 2.24) is 89.4 Å². The molecule has 144 heavy (non-hydrogen) atoms. The number of carboxylic acids is 2. The molecule has 0 saturated heterocycles. The van der Waals surface area contributed by atoms with Gasteiger partial charge in [0, 0.05) is 168 Å². The molecule has 0 bridgehead atoms. The van der Waals surface area contributed by atoms with Crippen LogP contribution in [-0.4, -0.2) is 236 Å². The fourth-order valence-corrected chi connectivity index (χ4v) is 21.2. The van der Waals surface area contributed by atoms with Crippen LogP contribution in [0.3, 0.4) is 0 Å². The van der Waals surface area contributed by atoms with Gasteiger partial charge in [-0.3, -0.25) is 9.59 Å². The highest BCUT2D eigenvalue weighted by Gasteiger charge is 2.58. The quantitative estimate of drug-likeness (QED) is 0.0145. The third kappa shape index (κ3) is 25.2. The molecule has 12 aromatic rings. The topological polar surface area (TPSA) is 436 Å². The number of nitrogens with zero attached hydrogens (tertiary/aromatic N) is 20. The van der Waals surface area contributed by atoms with Crippen LogP contribution in [0.4, 0.5) is 62.8 Å². The molecule has 12 aromatic heterocycles. The number of carboxylic acid groups (broad SMARTS) is 2. The van der Waals surface area contributed by atoms with E-state index in [0.717, 1.165) is 186 Å². The molecule has 4 spiro atoms. The Labute approximate surface area is 828 Å². The van der Waals surface area contributed by atoms with Crippen LogP contribution in [0.5, 0.6) is 0 Å². The van der Waals surface area contributed by atoms with E-state index in [0.29, 0.717) is 107 Å². The molecule has 6 N–H and O–H groups in total. The number of aromatic nitrogens is 16. The number of alkyl halides is 9. The lowest BCUT2D eigenvalue weighted by Gasteiger charge is -2.33. The van der Waals surface area contributed by atoms with Crippen molar-refractivity contribution in [3.63, 3.8) is 0 Å². The van der Waals surface area contributed by atoms with Crippen molar-refractivity contribution in [1.29, 1.82) is 0 Å². The van der Waals surface area contributed by atoms with Crippen LogP contribution in [0.15, 0.2) is 92.5 Å². The second-order valence-corrected chi connectivity index (χ2v) is 65.7. The standard InChI is InChI=1S/2C24H31F3N6O3Si.2C21H27N5O4Si.C3H6F3N.CH4/c1-37(2,3)11-10-35-15-32-9-4-16-20(32)29-14-30-21(16)33-12-17-18(22(34)28-8-7-24(25,26)27)36-31-19(17)23(13-33)5-6-23;1-37(2,3)11-10-35-15-32-9-4-16-20(32)29-14-30-21(16)33-12-17-18(22(34)28-8-7-24(25,26)27)31-36-19(17)23(13-33)5-6-23;1-31(2,3)9-8-29-13-25-7-4-14-18(25)22-12-23-19(14)26-10-15-16(20(27)28)30-24-17(15)21(11-26)5-6-21;1-31(2,3)9-8-29-13-25-7-4-14-18(25)22-12-23-19(14)26-10-15-16(20(27)28)24-30-17(15)21(11-26)5-6-21;4-3(5,6)1-2-7;/h2*4,9,14H,5-8,10-13,15H2,1-3H3,(H,28,34);2*4,7,12H,5-6,8-11,13H2,1-3H3,(H,27,28);1-2,7H2;1H4. The molecule has 16 heterocycles. The molecule has 37 nitrogen and oxygen atoms in total. The molecule has 780 valence electrons. The highest BCUT2D eigenvalue weighted by Crippen LogP contribution is 2.58. The summed E-state index contributed by atoms with van der Waals surface area (Å²) in [6, 6.07) is 12.3. The number of amides is 2. The van der Waals surface area contributed by atoms with Crippen LogP contribution in [0.1, 0.15) is 165 Å². The number of ether oxygens (including phenoxy) is 4. The first-order chi connectivity index (χ1) is 67.5. The summed E-state index contributed by atoms with van der Waals surface area (Å²) in [6.45, 7) is 35.3. The van der Waals surface area contributed by atoms with Crippen LogP contribution in [0.2, 0.25) is 103 Å². The highest BCUT2D eigenvalue weighted by molar-refractivity contribution is 6.77. The molecule has 20 rings (SSSR count). The molecular formula is C94H126F9N23O14Si4. The van der Waals surface area contributed by atoms with Gasteiger partial charge in [0.25, 0.3) is 11.8 Å². The Balaban J connectivity index is 0.000000141. The van der Waals surface area contributed by atoms with Crippen LogP contribution in [-0.2, 0) is 93.7 Å². The Morgan fingerprint density at radius 3 is 0.972 bits per heavy atom. The number of carbonyl (C=O) groups is 4. The molecule has 4 saturated carbocycles.